The van der Waals surface area contributed by atoms with Gasteiger partial charge in [-0.1, -0.05) is 32.4 Å². The molecule has 0 bridgehead atoms. The van der Waals surface area contributed by atoms with Gasteiger partial charge in [-0.2, -0.15) is 0 Å². The highest BCUT2D eigenvalue weighted by Crippen LogP contribution is 2.30. The fraction of sp³-hybridized carbons (Fsp3) is 0.545. The molecular weight excluding hydrogens is 372 g/mol. The van der Waals surface area contributed by atoms with Gasteiger partial charge in [0.25, 0.3) is 11.8 Å². The van der Waals surface area contributed by atoms with Gasteiger partial charge in [-0.3, -0.25) is 24.1 Å². The second-order valence-electron chi connectivity index (χ2n) is 7.71. The van der Waals surface area contributed by atoms with Crippen LogP contribution in [0.5, 0.6) is 0 Å². The van der Waals surface area contributed by atoms with Crippen molar-refractivity contribution in [1.29, 1.82) is 0 Å². The molecule has 1 saturated heterocycles. The first-order chi connectivity index (χ1) is 13.9. The Morgan fingerprint density at radius 2 is 1.62 bits per heavy atom. The zero-order valence-corrected chi connectivity index (χ0v) is 17.2. The Kier molecular flexibility index (Phi) is 6.35. The molecule has 0 aromatic heterocycles. The molecular formula is C22H28N2O5. The first-order valence-electron chi connectivity index (χ1n) is 10.3. The van der Waals surface area contributed by atoms with Crippen molar-refractivity contribution in [3.05, 3.63) is 35.4 Å². The highest BCUT2D eigenvalue weighted by atomic mass is 16.5. The molecule has 2 unspecified atom stereocenters. The molecule has 156 valence electrons. The summed E-state index contributed by atoms with van der Waals surface area (Å²) in [7, 11) is 0. The Hall–Kier alpha value is -2.70. The van der Waals surface area contributed by atoms with E-state index in [9.17, 15) is 19.2 Å². The fourth-order valence-corrected chi connectivity index (χ4v) is 4.07. The largest absolute Gasteiger partial charge is 0.466 e. The van der Waals surface area contributed by atoms with E-state index in [4.69, 9.17) is 4.74 Å². The molecule has 1 aromatic carbocycles. The minimum atomic E-state index is -0.841. The van der Waals surface area contributed by atoms with Crippen LogP contribution in [-0.4, -0.2) is 59.2 Å². The van der Waals surface area contributed by atoms with Crippen LogP contribution in [0, 0.1) is 11.8 Å². The molecule has 0 aliphatic carbocycles. The van der Waals surface area contributed by atoms with Crippen LogP contribution < -0.4 is 0 Å². The molecule has 2 aliphatic rings. The Balaban J connectivity index is 1.79. The van der Waals surface area contributed by atoms with Crippen LogP contribution in [0.25, 0.3) is 0 Å². The highest BCUT2D eigenvalue weighted by molar-refractivity contribution is 6.22. The summed E-state index contributed by atoms with van der Waals surface area (Å²) >= 11 is 0. The monoisotopic (exact) mass is 400 g/mol. The number of imide groups is 1. The van der Waals surface area contributed by atoms with E-state index >= 15 is 0 Å². The number of piperidine rings is 1. The Morgan fingerprint density at radius 1 is 1.07 bits per heavy atom. The quantitative estimate of drug-likeness (QED) is 0.541. The van der Waals surface area contributed by atoms with Crippen LogP contribution in [0.2, 0.25) is 0 Å². The van der Waals surface area contributed by atoms with Gasteiger partial charge >= 0.3 is 5.97 Å². The lowest BCUT2D eigenvalue weighted by molar-refractivity contribution is -0.152. The predicted octanol–water partition coefficient (Wildman–Crippen LogP) is 2.50. The third kappa shape index (κ3) is 3.91. The number of benzene rings is 1. The third-order valence-corrected chi connectivity index (χ3v) is 5.97. The second kappa shape index (κ2) is 8.76. The maximum atomic E-state index is 13.4. The molecule has 0 saturated carbocycles. The van der Waals surface area contributed by atoms with Gasteiger partial charge in [-0.15, -0.1) is 0 Å². The van der Waals surface area contributed by atoms with Gasteiger partial charge in [0.15, 0.2) is 0 Å². The summed E-state index contributed by atoms with van der Waals surface area (Å²) in [6.07, 6.45) is 1.71. The molecule has 1 aromatic rings. The van der Waals surface area contributed by atoms with Crippen molar-refractivity contribution in [2.45, 2.75) is 46.1 Å². The molecule has 7 heteroatoms. The number of hydrogen-bond acceptors (Lipinski definition) is 5. The van der Waals surface area contributed by atoms with Crippen LogP contribution in [0.1, 0.15) is 60.7 Å². The van der Waals surface area contributed by atoms with Gasteiger partial charge in [0.05, 0.1) is 23.7 Å². The van der Waals surface area contributed by atoms with Gasteiger partial charge in [0, 0.05) is 13.1 Å². The third-order valence-electron chi connectivity index (χ3n) is 5.97. The van der Waals surface area contributed by atoms with Gasteiger partial charge in [0.1, 0.15) is 6.04 Å². The molecule has 1 fully saturated rings. The van der Waals surface area contributed by atoms with Crippen molar-refractivity contribution >= 4 is 23.7 Å². The van der Waals surface area contributed by atoms with Crippen LogP contribution >= 0.6 is 0 Å². The molecule has 2 heterocycles. The Labute approximate surface area is 171 Å². The summed E-state index contributed by atoms with van der Waals surface area (Å²) in [6, 6.07) is 5.84. The van der Waals surface area contributed by atoms with E-state index in [1.807, 2.05) is 13.8 Å². The zero-order valence-electron chi connectivity index (χ0n) is 17.2. The Bertz CT molecular complexity index is 778. The van der Waals surface area contributed by atoms with E-state index in [0.717, 1.165) is 4.90 Å². The molecule has 0 radical (unpaired) electrons. The summed E-state index contributed by atoms with van der Waals surface area (Å²) < 4.78 is 5.09. The molecule has 2 atom stereocenters. The van der Waals surface area contributed by atoms with Gasteiger partial charge in [-0.25, -0.2) is 0 Å². The highest BCUT2D eigenvalue weighted by Gasteiger charge is 2.46. The summed E-state index contributed by atoms with van der Waals surface area (Å²) in [5.41, 5.74) is 0.694. The first-order valence-corrected chi connectivity index (χ1v) is 10.3. The number of esters is 1. The first kappa shape index (κ1) is 21.0. The molecule has 0 spiro atoms. The van der Waals surface area contributed by atoms with E-state index in [1.54, 1.807) is 36.1 Å². The number of nitrogens with zero attached hydrogens (tertiary/aromatic N) is 2. The van der Waals surface area contributed by atoms with Crippen molar-refractivity contribution in [2.24, 2.45) is 11.8 Å². The SMILES string of the molecule is CCOC(=O)C1CCN(C(=O)C(C(C)CC)N2C(=O)c3ccccc3C2=O)CC1. The number of ether oxygens (including phenoxy) is 1. The molecule has 29 heavy (non-hydrogen) atoms. The molecule has 3 amide bonds. The van der Waals surface area contributed by atoms with E-state index in [1.165, 1.54) is 0 Å². The average Bonchev–Trinajstić information content (AvgIpc) is 2.99. The van der Waals surface area contributed by atoms with E-state index in [-0.39, 0.29) is 23.7 Å². The minimum Gasteiger partial charge on any atom is -0.466 e. The second-order valence-corrected chi connectivity index (χ2v) is 7.71. The summed E-state index contributed by atoms with van der Waals surface area (Å²) in [6.45, 7) is 6.77. The number of carbonyl (C=O) groups is 4. The molecule has 7 nitrogen and oxygen atoms in total. The van der Waals surface area contributed by atoms with Crippen molar-refractivity contribution < 1.29 is 23.9 Å². The smallest absolute Gasteiger partial charge is 0.309 e. The molecule has 2 aliphatic heterocycles. The number of hydrogen-bond donors (Lipinski definition) is 0. The maximum Gasteiger partial charge on any atom is 0.309 e. The van der Waals surface area contributed by atoms with Gasteiger partial charge in [-0.05, 0) is 37.8 Å². The lowest BCUT2D eigenvalue weighted by Crippen LogP contribution is -2.55. The van der Waals surface area contributed by atoms with Crippen LogP contribution in [0.15, 0.2) is 24.3 Å². The molecule has 0 N–H and O–H groups in total. The zero-order chi connectivity index (χ0) is 21.1. The minimum absolute atomic E-state index is 0.174. The van der Waals surface area contributed by atoms with E-state index in [0.29, 0.717) is 50.1 Å². The van der Waals surface area contributed by atoms with Crippen molar-refractivity contribution in [3.8, 4) is 0 Å². The normalized spacial score (nSPS) is 19.1. The summed E-state index contributed by atoms with van der Waals surface area (Å²) in [5.74, 6) is -1.65. The van der Waals surface area contributed by atoms with Gasteiger partial charge < -0.3 is 9.64 Å². The number of fused-ring (bicyclic) bond motifs is 1. The molecule has 3 rings (SSSR count). The van der Waals surface area contributed by atoms with Crippen LogP contribution in [0.3, 0.4) is 0 Å². The van der Waals surface area contributed by atoms with Gasteiger partial charge in [0.2, 0.25) is 5.91 Å². The number of rotatable bonds is 6. The fourth-order valence-electron chi connectivity index (χ4n) is 4.07. The maximum absolute atomic E-state index is 13.4. The van der Waals surface area contributed by atoms with Crippen molar-refractivity contribution in [1.82, 2.24) is 9.80 Å². The summed E-state index contributed by atoms with van der Waals surface area (Å²) in [4.78, 5) is 54.1. The van der Waals surface area contributed by atoms with Crippen molar-refractivity contribution in [2.75, 3.05) is 19.7 Å². The lowest BCUT2D eigenvalue weighted by Gasteiger charge is -2.37. The Morgan fingerprint density at radius 3 is 2.10 bits per heavy atom. The average molecular weight is 400 g/mol. The van der Waals surface area contributed by atoms with Crippen molar-refractivity contribution in [3.63, 3.8) is 0 Å². The number of carbonyl (C=O) groups excluding carboxylic acids is 4. The lowest BCUT2D eigenvalue weighted by atomic mass is 9.93. The summed E-state index contributed by atoms with van der Waals surface area (Å²) in [5, 5.41) is 0. The van der Waals surface area contributed by atoms with E-state index < -0.39 is 17.9 Å². The predicted molar refractivity (Wildman–Crippen MR) is 106 cm³/mol. The van der Waals surface area contributed by atoms with Crippen LogP contribution in [-0.2, 0) is 14.3 Å². The topological polar surface area (TPSA) is 84.0 Å². The standard InChI is InChI=1S/C22H28N2O5/c1-4-14(3)18(24-19(25)16-8-6-7-9-17(16)20(24)26)21(27)23-12-10-15(11-13-23)22(28)29-5-2/h6-9,14-15,18H,4-5,10-13H2,1-3H3. The van der Waals surface area contributed by atoms with Crippen LogP contribution in [0.4, 0.5) is 0 Å². The number of likely N-dealkylation sites (tertiary alicyclic amines) is 1. The van der Waals surface area contributed by atoms with E-state index in [2.05, 4.69) is 0 Å². The number of amides is 3.